The lowest BCUT2D eigenvalue weighted by Crippen LogP contribution is -2.09. The van der Waals surface area contributed by atoms with E-state index in [4.69, 9.17) is 4.98 Å². The lowest BCUT2D eigenvalue weighted by Gasteiger charge is -2.24. The number of rotatable bonds is 5. The van der Waals surface area contributed by atoms with E-state index in [0.717, 1.165) is 22.4 Å². The molecule has 0 atom stereocenters. The highest BCUT2D eigenvalue weighted by atomic mass is 15.1. The Bertz CT molecular complexity index is 2020. The summed E-state index contributed by atoms with van der Waals surface area (Å²) < 4.78 is 2.43. The summed E-state index contributed by atoms with van der Waals surface area (Å²) in [4.78, 5) is 5.27. The zero-order valence-electron chi connectivity index (χ0n) is 24.1. The summed E-state index contributed by atoms with van der Waals surface area (Å²) in [5, 5.41) is 5.05. The topological polar surface area (TPSA) is 17.8 Å². The van der Waals surface area contributed by atoms with Gasteiger partial charge >= 0.3 is 0 Å². The average molecular weight is 531 g/mol. The molecule has 0 fully saturated rings. The second-order valence-corrected chi connectivity index (χ2v) is 11.7. The van der Waals surface area contributed by atoms with Crippen LogP contribution in [0.15, 0.2) is 121 Å². The molecule has 0 N–H and O–H groups in total. The molecule has 2 nitrogen and oxygen atoms in total. The Labute approximate surface area is 241 Å². The fourth-order valence-corrected chi connectivity index (χ4v) is 6.21. The van der Waals surface area contributed by atoms with Gasteiger partial charge in [0.15, 0.2) is 0 Å². The molecule has 7 rings (SSSR count). The van der Waals surface area contributed by atoms with Crippen LogP contribution in [0.1, 0.15) is 50.7 Å². The quantitative estimate of drug-likeness (QED) is 0.202. The summed E-state index contributed by atoms with van der Waals surface area (Å²) in [7, 11) is 0. The molecule has 0 aliphatic heterocycles. The van der Waals surface area contributed by atoms with Crippen LogP contribution in [0, 0.1) is 0 Å². The minimum Gasteiger partial charge on any atom is -0.292 e. The van der Waals surface area contributed by atoms with Crippen LogP contribution in [0.25, 0.3) is 60.8 Å². The van der Waals surface area contributed by atoms with E-state index in [1.807, 2.05) is 0 Å². The van der Waals surface area contributed by atoms with Crippen molar-refractivity contribution in [3.05, 3.63) is 132 Å². The number of hydrogen-bond donors (Lipinski definition) is 0. The van der Waals surface area contributed by atoms with Gasteiger partial charge in [-0.1, -0.05) is 119 Å². The summed E-state index contributed by atoms with van der Waals surface area (Å²) in [5.41, 5.74) is 9.73. The number of benzene rings is 6. The molecule has 41 heavy (non-hydrogen) atoms. The molecule has 6 aromatic carbocycles. The zero-order valence-corrected chi connectivity index (χ0v) is 24.1. The Kier molecular flexibility index (Phi) is 6.20. The fourth-order valence-electron chi connectivity index (χ4n) is 6.21. The van der Waals surface area contributed by atoms with Gasteiger partial charge in [-0.25, -0.2) is 4.98 Å². The van der Waals surface area contributed by atoms with E-state index < -0.39 is 0 Å². The first-order valence-electron chi connectivity index (χ1n) is 14.6. The average Bonchev–Trinajstić information content (AvgIpc) is 3.39. The minimum atomic E-state index is 0.336. The summed E-state index contributed by atoms with van der Waals surface area (Å²) in [6, 6.07) is 44.0. The molecule has 0 radical (unpaired) electrons. The third-order valence-corrected chi connectivity index (χ3v) is 8.31. The van der Waals surface area contributed by atoms with Gasteiger partial charge < -0.3 is 0 Å². The van der Waals surface area contributed by atoms with Crippen LogP contribution < -0.4 is 0 Å². The molecule has 0 saturated heterocycles. The molecule has 0 bridgehead atoms. The first-order valence-corrected chi connectivity index (χ1v) is 14.6. The SMILES string of the molecule is CC(C)c1cc(-c2ccccc2)cc(C(C)C)c1-n1c(-c2ccc3c(ccc4ccccc43)c2)nc2ccccc21. The van der Waals surface area contributed by atoms with E-state index >= 15 is 0 Å². The first-order chi connectivity index (χ1) is 20.0. The normalized spacial score (nSPS) is 11.9. The number of aromatic nitrogens is 2. The van der Waals surface area contributed by atoms with Gasteiger partial charge in [0.05, 0.1) is 16.7 Å². The highest BCUT2D eigenvalue weighted by Gasteiger charge is 2.23. The predicted molar refractivity (Wildman–Crippen MR) is 175 cm³/mol. The Morgan fingerprint density at radius 2 is 1.15 bits per heavy atom. The van der Waals surface area contributed by atoms with Gasteiger partial charge in [-0.05, 0) is 86.0 Å². The van der Waals surface area contributed by atoms with Crippen LogP contribution in [0.3, 0.4) is 0 Å². The summed E-state index contributed by atoms with van der Waals surface area (Å²) in [6.45, 7) is 9.21. The first kappa shape index (κ1) is 25.3. The third kappa shape index (κ3) is 4.31. The third-order valence-electron chi connectivity index (χ3n) is 8.31. The smallest absolute Gasteiger partial charge is 0.145 e. The molecule has 0 aliphatic carbocycles. The molecular formula is C39H34N2. The Morgan fingerprint density at radius 1 is 0.512 bits per heavy atom. The lowest BCUT2D eigenvalue weighted by atomic mass is 9.88. The Balaban J connectivity index is 1.53. The number of fused-ring (bicyclic) bond motifs is 4. The molecule has 0 amide bonds. The van der Waals surface area contributed by atoms with Crippen molar-refractivity contribution in [2.45, 2.75) is 39.5 Å². The van der Waals surface area contributed by atoms with Gasteiger partial charge in [0, 0.05) is 5.56 Å². The van der Waals surface area contributed by atoms with Crippen LogP contribution in [0.5, 0.6) is 0 Å². The standard InChI is InChI=1S/C39H34N2/c1-25(2)34-23-31(27-12-6-5-7-13-27)24-35(26(3)4)38(34)41-37-17-11-10-16-36(37)40-39(41)30-20-21-33-29(22-30)19-18-28-14-8-9-15-32(28)33/h5-26H,1-4H3. The van der Waals surface area contributed by atoms with Gasteiger partial charge in [0.1, 0.15) is 5.82 Å². The Morgan fingerprint density at radius 3 is 1.90 bits per heavy atom. The molecule has 0 aliphatic rings. The zero-order chi connectivity index (χ0) is 28.1. The summed E-state index contributed by atoms with van der Waals surface area (Å²) in [6.07, 6.45) is 0. The van der Waals surface area contributed by atoms with Crippen LogP contribution in [-0.4, -0.2) is 9.55 Å². The Hall–Kier alpha value is -4.69. The van der Waals surface area contributed by atoms with E-state index in [-0.39, 0.29) is 0 Å². The molecule has 200 valence electrons. The second kappa shape index (κ2) is 10.1. The molecule has 2 heteroatoms. The fraction of sp³-hybridized carbons (Fsp3) is 0.154. The summed E-state index contributed by atoms with van der Waals surface area (Å²) >= 11 is 0. The van der Waals surface area contributed by atoms with E-state index in [1.165, 1.54) is 49.5 Å². The molecule has 1 aromatic heterocycles. The van der Waals surface area contributed by atoms with E-state index in [2.05, 4.69) is 154 Å². The van der Waals surface area contributed by atoms with Crippen molar-refractivity contribution in [3.63, 3.8) is 0 Å². The van der Waals surface area contributed by atoms with Gasteiger partial charge in [0.2, 0.25) is 0 Å². The number of nitrogens with zero attached hydrogens (tertiary/aromatic N) is 2. The molecule has 0 unspecified atom stereocenters. The van der Waals surface area contributed by atoms with Crippen molar-refractivity contribution in [1.82, 2.24) is 9.55 Å². The maximum absolute atomic E-state index is 5.27. The maximum atomic E-state index is 5.27. The van der Waals surface area contributed by atoms with Gasteiger partial charge in [0.25, 0.3) is 0 Å². The molecule has 0 saturated carbocycles. The monoisotopic (exact) mass is 530 g/mol. The molecule has 1 heterocycles. The van der Waals surface area contributed by atoms with Crippen LogP contribution in [-0.2, 0) is 0 Å². The predicted octanol–water partition coefficient (Wildman–Crippen LogP) is 10.9. The molecule has 7 aromatic rings. The van der Waals surface area contributed by atoms with Crippen molar-refractivity contribution in [2.75, 3.05) is 0 Å². The second-order valence-electron chi connectivity index (χ2n) is 11.7. The van der Waals surface area contributed by atoms with Crippen molar-refractivity contribution < 1.29 is 0 Å². The van der Waals surface area contributed by atoms with Gasteiger partial charge in [-0.15, -0.1) is 0 Å². The van der Waals surface area contributed by atoms with E-state index in [1.54, 1.807) is 0 Å². The minimum absolute atomic E-state index is 0.336. The van der Waals surface area contributed by atoms with Crippen molar-refractivity contribution >= 4 is 32.6 Å². The van der Waals surface area contributed by atoms with Crippen LogP contribution in [0.2, 0.25) is 0 Å². The van der Waals surface area contributed by atoms with Crippen molar-refractivity contribution in [3.8, 4) is 28.2 Å². The number of imidazole rings is 1. The van der Waals surface area contributed by atoms with Gasteiger partial charge in [-0.3, -0.25) is 4.57 Å². The number of para-hydroxylation sites is 2. The van der Waals surface area contributed by atoms with Crippen molar-refractivity contribution in [1.29, 1.82) is 0 Å². The lowest BCUT2D eigenvalue weighted by molar-refractivity contribution is 0.811. The summed E-state index contributed by atoms with van der Waals surface area (Å²) in [5.74, 6) is 1.66. The van der Waals surface area contributed by atoms with Crippen LogP contribution >= 0.6 is 0 Å². The maximum Gasteiger partial charge on any atom is 0.145 e. The highest BCUT2D eigenvalue weighted by molar-refractivity contribution is 6.08. The largest absolute Gasteiger partial charge is 0.292 e. The molecule has 0 spiro atoms. The van der Waals surface area contributed by atoms with E-state index in [9.17, 15) is 0 Å². The number of hydrogen-bond acceptors (Lipinski definition) is 1. The highest BCUT2D eigenvalue weighted by Crippen LogP contribution is 2.40. The van der Waals surface area contributed by atoms with Crippen molar-refractivity contribution in [2.24, 2.45) is 0 Å². The van der Waals surface area contributed by atoms with E-state index in [0.29, 0.717) is 11.8 Å². The van der Waals surface area contributed by atoms with Crippen LogP contribution in [0.4, 0.5) is 0 Å². The molecular weight excluding hydrogens is 496 g/mol. The van der Waals surface area contributed by atoms with Gasteiger partial charge in [-0.2, -0.15) is 0 Å².